The van der Waals surface area contributed by atoms with Crippen molar-refractivity contribution in [1.82, 2.24) is 20.2 Å². The number of hydrogen-bond acceptors (Lipinski definition) is 16. The first-order valence-electron chi connectivity index (χ1n) is 29.0. The van der Waals surface area contributed by atoms with Crippen LogP contribution in [0.15, 0.2) is 47.2 Å². The van der Waals surface area contributed by atoms with Crippen LogP contribution < -0.4 is 15.1 Å². The minimum absolute atomic E-state index is 0.183. The van der Waals surface area contributed by atoms with Gasteiger partial charge in [0.2, 0.25) is 0 Å². The third-order valence-electron chi connectivity index (χ3n) is 16.2. The van der Waals surface area contributed by atoms with Crippen molar-refractivity contribution >= 4 is 68.4 Å². The Morgan fingerprint density at radius 1 is 0.544 bits per heavy atom. The molecule has 2 aliphatic carbocycles. The number of esters is 4. The van der Waals surface area contributed by atoms with E-state index in [1.807, 2.05) is 0 Å². The zero-order chi connectivity index (χ0) is 57.5. The maximum atomic E-state index is 12.2. The smallest absolute Gasteiger partial charge is 0.320 e. The summed E-state index contributed by atoms with van der Waals surface area (Å²) >= 11 is 9.00. The second-order valence-corrected chi connectivity index (χ2v) is 25.8. The van der Waals surface area contributed by atoms with Crippen LogP contribution >= 0.6 is 34.3 Å². The second kappa shape index (κ2) is 28.9. The Balaban J connectivity index is 0.000000214. The number of thiazole rings is 2. The maximum absolute atomic E-state index is 12.2. The van der Waals surface area contributed by atoms with Crippen molar-refractivity contribution in [3.63, 3.8) is 0 Å². The van der Waals surface area contributed by atoms with Gasteiger partial charge in [-0.15, -0.1) is 34.3 Å². The van der Waals surface area contributed by atoms with Gasteiger partial charge in [0.05, 0.1) is 37.8 Å². The third kappa shape index (κ3) is 16.8. The van der Waals surface area contributed by atoms with Gasteiger partial charge >= 0.3 is 23.9 Å². The number of nitrogens with one attached hydrogen (secondary N) is 1. The predicted octanol–water partition coefficient (Wildman–Crippen LogP) is 12.1. The number of benzene rings is 2. The second-order valence-electron chi connectivity index (χ2n) is 23.7. The fourth-order valence-corrected chi connectivity index (χ4v) is 13.0. The normalized spacial score (nSPS) is 18.0. The van der Waals surface area contributed by atoms with Crippen molar-refractivity contribution in [2.45, 2.75) is 156 Å². The lowest BCUT2D eigenvalue weighted by molar-refractivity contribution is -0.163. The molecule has 436 valence electrons. The van der Waals surface area contributed by atoms with Crippen molar-refractivity contribution in [2.75, 3.05) is 101 Å². The van der Waals surface area contributed by atoms with Crippen LogP contribution in [0.4, 0.5) is 10.3 Å². The van der Waals surface area contributed by atoms with Crippen molar-refractivity contribution < 1.29 is 38.1 Å². The Morgan fingerprint density at radius 2 is 0.911 bits per heavy atom. The molecular formula is C62H91ClN6O8S2. The summed E-state index contributed by atoms with van der Waals surface area (Å²) in [4.78, 5) is 64.4. The topological polar surface area (TPSA) is 153 Å². The van der Waals surface area contributed by atoms with E-state index in [4.69, 9.17) is 40.5 Å². The number of alkyl halides is 1. The number of anilines is 2. The molecule has 0 bridgehead atoms. The van der Waals surface area contributed by atoms with E-state index in [0.717, 1.165) is 87.0 Å². The van der Waals surface area contributed by atoms with Crippen LogP contribution in [0.2, 0.25) is 0 Å². The molecule has 4 aliphatic rings. The van der Waals surface area contributed by atoms with Gasteiger partial charge in [-0.3, -0.25) is 24.1 Å². The van der Waals surface area contributed by atoms with Crippen molar-refractivity contribution in [3.8, 4) is 22.5 Å². The average molecular weight is 1150 g/mol. The van der Waals surface area contributed by atoms with Gasteiger partial charge in [0, 0.05) is 80.1 Å². The molecule has 79 heavy (non-hydrogen) atoms. The molecule has 2 saturated heterocycles. The summed E-state index contributed by atoms with van der Waals surface area (Å²) in [6, 6.07) is 14.0. The molecule has 0 radical (unpaired) electrons. The Labute approximate surface area is 485 Å². The number of carbonyl (C=O) groups excluding carboxylic acids is 4. The predicted molar refractivity (Wildman–Crippen MR) is 322 cm³/mol. The lowest BCUT2D eigenvalue weighted by Gasteiger charge is -2.42. The van der Waals surface area contributed by atoms with Crippen molar-refractivity contribution in [2.24, 2.45) is 11.8 Å². The molecule has 4 aromatic rings. The van der Waals surface area contributed by atoms with Gasteiger partial charge in [-0.1, -0.05) is 79.7 Å². The summed E-state index contributed by atoms with van der Waals surface area (Å²) in [6.45, 7) is 35.7. The molecule has 0 spiro atoms. The van der Waals surface area contributed by atoms with E-state index >= 15 is 0 Å². The summed E-state index contributed by atoms with van der Waals surface area (Å²) < 4.78 is 19.8. The van der Waals surface area contributed by atoms with Gasteiger partial charge in [0.25, 0.3) is 0 Å². The average Bonchev–Trinajstić information content (AvgIpc) is 4.29. The van der Waals surface area contributed by atoms with Crippen molar-refractivity contribution in [1.29, 1.82) is 0 Å². The van der Waals surface area contributed by atoms with Gasteiger partial charge in [0.1, 0.15) is 0 Å². The quantitative estimate of drug-likeness (QED) is 0.0410. The number of ether oxygens (including phenoxy) is 4. The third-order valence-corrected chi connectivity index (χ3v) is 18.3. The highest BCUT2D eigenvalue weighted by molar-refractivity contribution is 7.14. The molecule has 2 aromatic heterocycles. The van der Waals surface area contributed by atoms with Crippen LogP contribution in [0.3, 0.4) is 0 Å². The number of halogens is 1. The minimum atomic E-state index is -0.833. The standard InChI is InChI=1S/C31H45N3O4S.C21H29N3S.C10H17ClO4/c1-7-37-27(35)23(28(36)38-8-2)10-9-15-33-16-18-34(19-17-33)29-32-26(21-39-29)22-11-12-24-25(20-22)31(5,6)14-13-30(24,3)4;1-20(2)7-8-21(3,4)17-13-15(5-6-16(17)20)18-14-25-19(23-18)24-11-9-22-10-12-24;1-3-14-9(12)8(6-5-7-11)10(13)15-4-2/h11-12,20-21,23H,7-10,13-19H2,1-6H3;5-6,13-14,22H,7-12H2,1-4H3;8H,3-7H2,1-2H3. The lowest BCUT2D eigenvalue weighted by Crippen LogP contribution is -2.46. The largest absolute Gasteiger partial charge is 0.465 e. The molecule has 0 unspecified atom stereocenters. The summed E-state index contributed by atoms with van der Waals surface area (Å²) in [5.41, 5.74) is 11.6. The monoisotopic (exact) mass is 1150 g/mol. The molecule has 8 rings (SSSR count). The number of piperazine rings is 2. The molecule has 2 fully saturated rings. The fraction of sp³-hybridized carbons (Fsp3) is 0.645. The molecule has 0 amide bonds. The van der Waals surface area contributed by atoms with Gasteiger partial charge in [0.15, 0.2) is 22.1 Å². The lowest BCUT2D eigenvalue weighted by atomic mass is 9.63. The molecule has 14 nitrogen and oxygen atoms in total. The zero-order valence-corrected chi connectivity index (χ0v) is 51.9. The Morgan fingerprint density at radius 3 is 1.29 bits per heavy atom. The van der Waals surface area contributed by atoms with E-state index in [1.54, 1.807) is 50.4 Å². The highest BCUT2D eigenvalue weighted by atomic mass is 35.5. The van der Waals surface area contributed by atoms with E-state index in [-0.39, 0.29) is 48.1 Å². The number of fused-ring (bicyclic) bond motifs is 2. The van der Waals surface area contributed by atoms with E-state index in [1.165, 1.54) is 59.1 Å². The van der Waals surface area contributed by atoms with Crippen LogP contribution in [-0.2, 0) is 59.8 Å². The maximum Gasteiger partial charge on any atom is 0.320 e. The summed E-state index contributed by atoms with van der Waals surface area (Å²) in [6.07, 6.45) is 7.09. The first-order chi connectivity index (χ1) is 37.6. The molecule has 1 N–H and O–H groups in total. The molecule has 4 heterocycles. The van der Waals surface area contributed by atoms with E-state index in [2.05, 4.69) is 123 Å². The van der Waals surface area contributed by atoms with Gasteiger partial charge in [-0.05, 0) is 142 Å². The molecular weight excluding hydrogens is 1060 g/mol. The van der Waals surface area contributed by atoms with E-state index < -0.39 is 35.7 Å². The van der Waals surface area contributed by atoms with Crippen molar-refractivity contribution in [3.05, 3.63) is 69.4 Å². The van der Waals surface area contributed by atoms with Crippen LogP contribution in [0.25, 0.3) is 22.5 Å². The molecule has 17 heteroatoms. The fourth-order valence-electron chi connectivity index (χ4n) is 11.0. The van der Waals surface area contributed by atoms with Gasteiger partial charge < -0.3 is 34.1 Å². The highest BCUT2D eigenvalue weighted by Gasteiger charge is 2.39. The molecule has 0 atom stereocenters. The zero-order valence-electron chi connectivity index (χ0n) is 49.5. The van der Waals surface area contributed by atoms with Crippen LogP contribution in [-0.4, -0.2) is 130 Å². The van der Waals surface area contributed by atoms with E-state index in [9.17, 15) is 19.2 Å². The van der Waals surface area contributed by atoms with Crippen LogP contribution in [0.1, 0.15) is 157 Å². The van der Waals surface area contributed by atoms with Gasteiger partial charge in [-0.25, -0.2) is 9.97 Å². The SMILES string of the molecule is CC1(C)CCC(C)(C)c2cc(-c3csc(N4CCNCC4)n3)ccc21.CCOC(=O)C(CCCCl)C(=O)OCC.CCOC(=O)C(CCCN1CCN(c2nc(-c3ccc4c(c3)C(C)(C)CCC4(C)C)cs2)CC1)C(=O)OCC. The highest BCUT2D eigenvalue weighted by Crippen LogP contribution is 2.48. The minimum Gasteiger partial charge on any atom is -0.465 e. The van der Waals surface area contributed by atoms with Crippen LogP contribution in [0.5, 0.6) is 0 Å². The van der Waals surface area contributed by atoms with Gasteiger partial charge in [-0.2, -0.15) is 0 Å². The first-order valence-corrected chi connectivity index (χ1v) is 31.3. The molecule has 2 aromatic carbocycles. The molecule has 0 saturated carbocycles. The number of hydrogen-bond donors (Lipinski definition) is 1. The number of nitrogens with zero attached hydrogens (tertiary/aromatic N) is 5. The number of carbonyl (C=O) groups is 4. The number of aromatic nitrogens is 2. The summed E-state index contributed by atoms with van der Waals surface area (Å²) in [7, 11) is 0. The van der Waals surface area contributed by atoms with Crippen LogP contribution in [0, 0.1) is 11.8 Å². The first kappa shape index (κ1) is 63.6. The van der Waals surface area contributed by atoms with E-state index in [0.29, 0.717) is 25.1 Å². The molecule has 2 aliphatic heterocycles. The Hall–Kier alpha value is -4.61. The summed E-state index contributed by atoms with van der Waals surface area (Å²) in [5.74, 6) is -3.26. The Kier molecular flexibility index (Phi) is 23.2. The summed E-state index contributed by atoms with van der Waals surface area (Å²) in [5, 5.41) is 10.1. The number of rotatable bonds is 19. The Bertz CT molecular complexity index is 2600.